The fourth-order valence-electron chi connectivity index (χ4n) is 3.45. The van der Waals surface area contributed by atoms with Crippen LogP contribution in [-0.4, -0.2) is 37.6 Å². The maximum atomic E-state index is 12.4. The molecule has 1 amide bonds. The van der Waals surface area contributed by atoms with Gasteiger partial charge in [-0.15, -0.1) is 16.4 Å². The maximum absolute atomic E-state index is 12.4. The molecule has 0 atom stereocenters. The molecule has 0 saturated heterocycles. The molecule has 5 aromatic rings. The molecule has 0 radical (unpaired) electrons. The van der Waals surface area contributed by atoms with Gasteiger partial charge in [-0.2, -0.15) is 0 Å². The first-order chi connectivity index (χ1) is 15.2. The highest BCUT2D eigenvalue weighted by atomic mass is 32.1. The molecule has 0 aliphatic rings. The van der Waals surface area contributed by atoms with Crippen LogP contribution < -0.4 is 5.32 Å². The highest BCUT2D eigenvalue weighted by molar-refractivity contribution is 7.14. The number of hydrogen-bond acceptors (Lipinski definition) is 7. The number of aliphatic hydroxyl groups excluding tert-OH is 1. The summed E-state index contributed by atoms with van der Waals surface area (Å²) in [5.41, 5.74) is 4.19. The smallest absolute Gasteiger partial charge is 0.247 e. The number of thiazole rings is 1. The van der Waals surface area contributed by atoms with Crippen LogP contribution in [0, 0.1) is 0 Å². The highest BCUT2D eigenvalue weighted by Crippen LogP contribution is 2.33. The van der Waals surface area contributed by atoms with Crippen LogP contribution in [0.4, 0.5) is 5.13 Å². The van der Waals surface area contributed by atoms with E-state index in [0.717, 1.165) is 38.9 Å². The third-order valence-electron chi connectivity index (χ3n) is 4.91. The number of anilines is 1. The van der Waals surface area contributed by atoms with Crippen molar-refractivity contribution in [2.45, 2.75) is 19.4 Å². The molecule has 5 rings (SSSR count). The normalized spacial score (nSPS) is 11.4. The summed E-state index contributed by atoms with van der Waals surface area (Å²) >= 11 is 1.37. The maximum Gasteiger partial charge on any atom is 0.247 e. The largest absolute Gasteiger partial charge is 0.456 e. The van der Waals surface area contributed by atoms with E-state index in [-0.39, 0.29) is 19.1 Å². The minimum Gasteiger partial charge on any atom is -0.456 e. The van der Waals surface area contributed by atoms with Crippen molar-refractivity contribution in [2.75, 3.05) is 11.9 Å². The van der Waals surface area contributed by atoms with Crippen LogP contribution in [0.15, 0.2) is 58.5 Å². The molecule has 156 valence electrons. The first kappa shape index (κ1) is 19.4. The van der Waals surface area contributed by atoms with Gasteiger partial charge in [-0.3, -0.25) is 4.79 Å². The Labute approximate surface area is 181 Å². The lowest BCUT2D eigenvalue weighted by atomic mass is 10.1. The topological polar surface area (TPSA) is 106 Å². The van der Waals surface area contributed by atoms with Crippen LogP contribution in [-0.2, 0) is 17.8 Å². The molecule has 31 heavy (non-hydrogen) atoms. The number of amides is 1. The summed E-state index contributed by atoms with van der Waals surface area (Å²) < 4.78 is 7.36. The van der Waals surface area contributed by atoms with Gasteiger partial charge >= 0.3 is 0 Å². The fourth-order valence-corrected chi connectivity index (χ4v) is 4.18. The molecule has 3 aromatic heterocycles. The van der Waals surface area contributed by atoms with Crippen LogP contribution in [0.25, 0.3) is 33.2 Å². The van der Waals surface area contributed by atoms with Gasteiger partial charge in [0.1, 0.15) is 17.7 Å². The Bertz CT molecular complexity index is 1370. The van der Waals surface area contributed by atoms with E-state index in [9.17, 15) is 4.79 Å². The zero-order chi connectivity index (χ0) is 21.2. The third-order valence-corrected chi connectivity index (χ3v) is 5.66. The molecule has 0 bridgehead atoms. The monoisotopic (exact) mass is 433 g/mol. The lowest BCUT2D eigenvalue weighted by Crippen LogP contribution is -2.19. The molecule has 0 fully saturated rings. The summed E-state index contributed by atoms with van der Waals surface area (Å²) in [6.45, 7) is 0.150. The van der Waals surface area contributed by atoms with Crippen LogP contribution in [0.3, 0.4) is 0 Å². The van der Waals surface area contributed by atoms with Crippen molar-refractivity contribution >= 4 is 44.3 Å². The van der Waals surface area contributed by atoms with Gasteiger partial charge in [0.25, 0.3) is 0 Å². The summed E-state index contributed by atoms with van der Waals surface area (Å²) in [5, 5.41) is 24.2. The lowest BCUT2D eigenvalue weighted by Gasteiger charge is -2.01. The molecular weight excluding hydrogens is 414 g/mol. The lowest BCUT2D eigenvalue weighted by molar-refractivity contribution is -0.116. The Hall–Kier alpha value is -3.56. The van der Waals surface area contributed by atoms with Crippen molar-refractivity contribution in [1.82, 2.24) is 20.0 Å². The number of aromatic nitrogens is 4. The van der Waals surface area contributed by atoms with Gasteiger partial charge < -0.3 is 14.8 Å². The van der Waals surface area contributed by atoms with E-state index in [1.807, 2.05) is 41.8 Å². The van der Waals surface area contributed by atoms with Crippen molar-refractivity contribution in [1.29, 1.82) is 0 Å². The molecule has 8 nitrogen and oxygen atoms in total. The van der Waals surface area contributed by atoms with Crippen molar-refractivity contribution in [3.63, 3.8) is 0 Å². The third kappa shape index (κ3) is 4.05. The fraction of sp³-hybridized carbons (Fsp3) is 0.182. The Balaban J connectivity index is 1.30. The molecule has 0 unspecified atom stereocenters. The standard InChI is InChI=1S/C22H19N5O3S/c28-9-3-4-15-11-27(26-25-15)12-21(29)24-22-23-18(13-31-22)14-7-8-20-17(10-14)16-5-1-2-6-19(16)30-20/h1-2,5-8,10-11,13,28H,3-4,9,12H2,(H,23,24,29). The van der Waals surface area contributed by atoms with E-state index in [1.165, 1.54) is 16.0 Å². The van der Waals surface area contributed by atoms with Crippen LogP contribution in [0.5, 0.6) is 0 Å². The second kappa shape index (κ2) is 8.29. The number of hydrogen-bond donors (Lipinski definition) is 2. The van der Waals surface area contributed by atoms with Crippen LogP contribution in [0.2, 0.25) is 0 Å². The van der Waals surface area contributed by atoms with E-state index in [2.05, 4.69) is 26.7 Å². The van der Waals surface area contributed by atoms with Gasteiger partial charge in [-0.25, -0.2) is 9.67 Å². The Morgan fingerprint density at radius 3 is 2.94 bits per heavy atom. The predicted molar refractivity (Wildman–Crippen MR) is 119 cm³/mol. The SMILES string of the molecule is O=C(Cn1cc(CCCO)nn1)Nc1nc(-c2ccc3oc4ccccc4c3c2)cs1. The van der Waals surface area contributed by atoms with Crippen molar-refractivity contribution in [3.8, 4) is 11.3 Å². The zero-order valence-corrected chi connectivity index (χ0v) is 17.3. The number of para-hydroxylation sites is 1. The summed E-state index contributed by atoms with van der Waals surface area (Å²) in [6.07, 6.45) is 2.96. The van der Waals surface area contributed by atoms with Gasteiger partial charge in [-0.05, 0) is 37.1 Å². The molecule has 0 aliphatic heterocycles. The second-order valence-electron chi connectivity index (χ2n) is 7.13. The van der Waals surface area contributed by atoms with E-state index < -0.39 is 0 Å². The van der Waals surface area contributed by atoms with Crippen molar-refractivity contribution < 1.29 is 14.3 Å². The minimum absolute atomic E-state index is 0.0496. The Morgan fingerprint density at radius 1 is 1.16 bits per heavy atom. The first-order valence-corrected chi connectivity index (χ1v) is 10.7. The number of aliphatic hydroxyl groups is 1. The molecule has 2 aromatic carbocycles. The van der Waals surface area contributed by atoms with Gasteiger partial charge in [0.05, 0.1) is 11.4 Å². The molecule has 0 spiro atoms. The molecule has 9 heteroatoms. The number of fused-ring (bicyclic) bond motifs is 3. The molecule has 0 saturated carbocycles. The van der Waals surface area contributed by atoms with Crippen molar-refractivity contribution in [2.24, 2.45) is 0 Å². The van der Waals surface area contributed by atoms with Gasteiger partial charge in [0.15, 0.2) is 5.13 Å². The molecular formula is C22H19N5O3S. The number of carbonyl (C=O) groups excluding carboxylic acids is 1. The second-order valence-corrected chi connectivity index (χ2v) is 7.99. The molecule has 0 aliphatic carbocycles. The van der Waals surface area contributed by atoms with E-state index >= 15 is 0 Å². The van der Waals surface area contributed by atoms with Crippen LogP contribution >= 0.6 is 11.3 Å². The summed E-state index contributed by atoms with van der Waals surface area (Å²) in [6, 6.07) is 13.9. The van der Waals surface area contributed by atoms with Crippen LogP contribution in [0.1, 0.15) is 12.1 Å². The quantitative estimate of drug-likeness (QED) is 0.404. The van der Waals surface area contributed by atoms with E-state index in [1.54, 1.807) is 6.20 Å². The average molecular weight is 433 g/mol. The first-order valence-electron chi connectivity index (χ1n) is 9.86. The predicted octanol–water partition coefficient (Wildman–Crippen LogP) is 3.86. The zero-order valence-electron chi connectivity index (χ0n) is 16.5. The number of carbonyl (C=O) groups is 1. The van der Waals surface area contributed by atoms with E-state index in [4.69, 9.17) is 9.52 Å². The number of benzene rings is 2. The van der Waals surface area contributed by atoms with Crippen molar-refractivity contribution in [3.05, 3.63) is 59.7 Å². The van der Waals surface area contributed by atoms with Gasteiger partial charge in [0.2, 0.25) is 5.91 Å². The molecule has 2 N–H and O–H groups in total. The molecule has 3 heterocycles. The van der Waals surface area contributed by atoms with E-state index in [0.29, 0.717) is 18.0 Å². The Kier molecular flexibility index (Phi) is 5.19. The summed E-state index contributed by atoms with van der Waals surface area (Å²) in [7, 11) is 0. The number of nitrogens with zero attached hydrogens (tertiary/aromatic N) is 4. The van der Waals surface area contributed by atoms with Gasteiger partial charge in [-0.1, -0.05) is 23.4 Å². The minimum atomic E-state index is -0.226. The Morgan fingerprint density at radius 2 is 2.03 bits per heavy atom. The van der Waals surface area contributed by atoms with Gasteiger partial charge in [0, 0.05) is 34.5 Å². The highest BCUT2D eigenvalue weighted by Gasteiger charge is 2.12. The summed E-state index contributed by atoms with van der Waals surface area (Å²) in [4.78, 5) is 16.9. The number of rotatable bonds is 7. The number of nitrogens with one attached hydrogen (secondary N) is 1. The average Bonchev–Trinajstić information content (AvgIpc) is 3.50. The number of furan rings is 1. The number of aryl methyl sites for hydroxylation is 1. The summed E-state index contributed by atoms with van der Waals surface area (Å²) in [5.74, 6) is -0.226.